The van der Waals surface area contributed by atoms with Crippen LogP contribution in [0.4, 0.5) is 5.82 Å². The first-order valence-corrected chi connectivity index (χ1v) is 7.58. The maximum Gasteiger partial charge on any atom is 0.129 e. The molecule has 2 heterocycles. The van der Waals surface area contributed by atoms with Crippen molar-refractivity contribution in [3.8, 4) is 0 Å². The van der Waals surface area contributed by atoms with Gasteiger partial charge in [0.25, 0.3) is 0 Å². The van der Waals surface area contributed by atoms with Crippen LogP contribution in [0, 0.1) is 0 Å². The molecule has 2 nitrogen and oxygen atoms in total. The lowest BCUT2D eigenvalue weighted by atomic mass is 10.2. The van der Waals surface area contributed by atoms with Gasteiger partial charge in [-0.25, -0.2) is 4.98 Å². The van der Waals surface area contributed by atoms with Crippen molar-refractivity contribution in [2.45, 2.75) is 31.3 Å². The molecule has 1 fully saturated rings. The number of thiophene rings is 1. The number of alkyl halides is 1. The van der Waals surface area contributed by atoms with Crippen LogP contribution in [-0.2, 0) is 12.4 Å². The highest BCUT2D eigenvalue weighted by Gasteiger charge is 2.30. The topological polar surface area (TPSA) is 16.1 Å². The lowest BCUT2D eigenvalue weighted by Gasteiger charge is -2.23. The number of hydrogen-bond acceptors (Lipinski definition) is 3. The average Bonchev–Trinajstić information content (AvgIpc) is 3.13. The van der Waals surface area contributed by atoms with Crippen LogP contribution >= 0.6 is 22.9 Å². The SMILES string of the molecule is ClCc1ccnc(N(Cc2cccs2)C2CC2)c1. The van der Waals surface area contributed by atoms with Gasteiger partial charge in [-0.3, -0.25) is 0 Å². The van der Waals surface area contributed by atoms with Crippen molar-refractivity contribution in [2.75, 3.05) is 4.90 Å². The van der Waals surface area contributed by atoms with Gasteiger partial charge in [-0.2, -0.15) is 0 Å². The van der Waals surface area contributed by atoms with Crippen molar-refractivity contribution in [3.05, 3.63) is 46.3 Å². The predicted molar refractivity (Wildman–Crippen MR) is 77.3 cm³/mol. The van der Waals surface area contributed by atoms with Crippen molar-refractivity contribution in [2.24, 2.45) is 0 Å². The number of halogens is 1. The molecule has 0 aromatic carbocycles. The molecule has 3 rings (SSSR count). The molecule has 0 atom stereocenters. The second-order valence-corrected chi connectivity index (χ2v) is 5.89. The zero-order chi connectivity index (χ0) is 12.4. The number of hydrogen-bond donors (Lipinski definition) is 0. The fraction of sp³-hybridized carbons (Fsp3) is 0.357. The Bertz CT molecular complexity index is 508. The molecule has 1 aliphatic carbocycles. The largest absolute Gasteiger partial charge is 0.348 e. The number of rotatable bonds is 5. The van der Waals surface area contributed by atoms with E-state index < -0.39 is 0 Å². The van der Waals surface area contributed by atoms with Crippen molar-refractivity contribution < 1.29 is 0 Å². The first kappa shape index (κ1) is 12.0. The molecule has 0 amide bonds. The summed E-state index contributed by atoms with van der Waals surface area (Å²) in [5.74, 6) is 1.61. The molecule has 0 spiro atoms. The molecule has 0 unspecified atom stereocenters. The first-order chi connectivity index (χ1) is 8.86. The molecular weight excluding hydrogens is 264 g/mol. The fourth-order valence-electron chi connectivity index (χ4n) is 2.05. The molecule has 2 aromatic rings. The third-order valence-corrected chi connectivity index (χ3v) is 4.32. The molecule has 4 heteroatoms. The third-order valence-electron chi connectivity index (χ3n) is 3.15. The zero-order valence-electron chi connectivity index (χ0n) is 10.1. The highest BCUT2D eigenvalue weighted by Crippen LogP contribution is 2.33. The normalized spacial score (nSPS) is 14.7. The summed E-state index contributed by atoms with van der Waals surface area (Å²) in [5.41, 5.74) is 1.14. The summed E-state index contributed by atoms with van der Waals surface area (Å²) in [4.78, 5) is 8.29. The Balaban J connectivity index is 1.84. The molecule has 1 aliphatic rings. The number of pyridine rings is 1. The Morgan fingerprint density at radius 2 is 2.28 bits per heavy atom. The summed E-state index contributed by atoms with van der Waals surface area (Å²) in [6.07, 6.45) is 4.41. The van der Waals surface area contributed by atoms with Gasteiger partial charge < -0.3 is 4.90 Å². The van der Waals surface area contributed by atoms with Crippen LogP contribution in [0.3, 0.4) is 0 Å². The summed E-state index contributed by atoms with van der Waals surface area (Å²) in [5, 5.41) is 2.13. The van der Waals surface area contributed by atoms with Crippen molar-refractivity contribution in [3.63, 3.8) is 0 Å². The van der Waals surface area contributed by atoms with Crippen LogP contribution in [0.25, 0.3) is 0 Å². The van der Waals surface area contributed by atoms with Gasteiger partial charge in [0.1, 0.15) is 5.82 Å². The lowest BCUT2D eigenvalue weighted by molar-refractivity contribution is 0.785. The molecule has 94 valence electrons. The van der Waals surface area contributed by atoms with E-state index in [1.165, 1.54) is 17.7 Å². The quantitative estimate of drug-likeness (QED) is 0.767. The van der Waals surface area contributed by atoms with E-state index in [4.69, 9.17) is 11.6 Å². The number of nitrogens with zero attached hydrogens (tertiary/aromatic N) is 2. The van der Waals surface area contributed by atoms with Crippen molar-refractivity contribution in [1.29, 1.82) is 0 Å². The van der Waals surface area contributed by atoms with Gasteiger partial charge in [0.15, 0.2) is 0 Å². The number of anilines is 1. The van der Waals surface area contributed by atoms with Gasteiger partial charge in [0.05, 0.1) is 6.54 Å². The summed E-state index contributed by atoms with van der Waals surface area (Å²) in [7, 11) is 0. The molecular formula is C14H15ClN2S. The zero-order valence-corrected chi connectivity index (χ0v) is 11.6. The van der Waals surface area contributed by atoms with Gasteiger partial charge in [-0.1, -0.05) is 6.07 Å². The minimum atomic E-state index is 0.549. The second kappa shape index (κ2) is 5.29. The summed E-state index contributed by atoms with van der Waals surface area (Å²) in [6.45, 7) is 0.959. The Morgan fingerprint density at radius 3 is 2.94 bits per heavy atom. The highest BCUT2D eigenvalue weighted by molar-refractivity contribution is 7.09. The Kier molecular flexibility index (Phi) is 3.52. The van der Waals surface area contributed by atoms with E-state index in [9.17, 15) is 0 Å². The third kappa shape index (κ3) is 2.68. The highest BCUT2D eigenvalue weighted by atomic mass is 35.5. The molecule has 0 bridgehead atoms. The Hall–Kier alpha value is -1.06. The van der Waals surface area contributed by atoms with E-state index in [1.807, 2.05) is 12.3 Å². The van der Waals surface area contributed by atoms with E-state index in [2.05, 4.69) is 33.5 Å². The lowest BCUT2D eigenvalue weighted by Crippen LogP contribution is -2.25. The molecule has 0 saturated heterocycles. The predicted octanol–water partition coefficient (Wildman–Crippen LogP) is 4.05. The average molecular weight is 279 g/mol. The Labute approximate surface area is 116 Å². The van der Waals surface area contributed by atoms with Crippen LogP contribution < -0.4 is 4.90 Å². The molecule has 1 saturated carbocycles. The minimum Gasteiger partial charge on any atom is -0.348 e. The standard InChI is InChI=1S/C14H15ClN2S/c15-9-11-5-6-16-14(8-11)17(12-3-4-12)10-13-2-1-7-18-13/h1-2,5-8,12H,3-4,9-10H2. The first-order valence-electron chi connectivity index (χ1n) is 6.17. The maximum absolute atomic E-state index is 5.90. The van der Waals surface area contributed by atoms with E-state index in [0.717, 1.165) is 17.9 Å². The summed E-state index contributed by atoms with van der Waals surface area (Å²) >= 11 is 7.70. The molecule has 18 heavy (non-hydrogen) atoms. The maximum atomic E-state index is 5.90. The van der Waals surface area contributed by atoms with E-state index in [1.54, 1.807) is 11.3 Å². The summed E-state index contributed by atoms with van der Waals surface area (Å²) < 4.78 is 0. The molecule has 0 aliphatic heterocycles. The monoisotopic (exact) mass is 278 g/mol. The van der Waals surface area contributed by atoms with Crippen molar-refractivity contribution in [1.82, 2.24) is 4.98 Å². The molecule has 2 aromatic heterocycles. The second-order valence-electron chi connectivity index (χ2n) is 4.59. The molecule has 0 N–H and O–H groups in total. The van der Waals surface area contributed by atoms with E-state index >= 15 is 0 Å². The minimum absolute atomic E-state index is 0.549. The van der Waals surface area contributed by atoms with Gasteiger partial charge in [-0.15, -0.1) is 22.9 Å². The number of aromatic nitrogens is 1. The van der Waals surface area contributed by atoms with E-state index in [0.29, 0.717) is 11.9 Å². The van der Waals surface area contributed by atoms with E-state index in [-0.39, 0.29) is 0 Å². The van der Waals surface area contributed by atoms with Gasteiger partial charge in [0.2, 0.25) is 0 Å². The molecule has 0 radical (unpaired) electrons. The van der Waals surface area contributed by atoms with Gasteiger partial charge in [-0.05, 0) is 42.0 Å². The van der Waals surface area contributed by atoms with Gasteiger partial charge in [0, 0.05) is 23.0 Å². The van der Waals surface area contributed by atoms with Crippen LogP contribution in [-0.4, -0.2) is 11.0 Å². The Morgan fingerprint density at radius 1 is 1.39 bits per heavy atom. The fourth-order valence-corrected chi connectivity index (χ4v) is 2.92. The summed E-state index contributed by atoms with van der Waals surface area (Å²) in [6, 6.07) is 9.04. The van der Waals surface area contributed by atoms with Crippen LogP contribution in [0.15, 0.2) is 35.8 Å². The van der Waals surface area contributed by atoms with Crippen molar-refractivity contribution >= 4 is 28.8 Å². The van der Waals surface area contributed by atoms with Crippen LogP contribution in [0.2, 0.25) is 0 Å². The van der Waals surface area contributed by atoms with Gasteiger partial charge >= 0.3 is 0 Å². The van der Waals surface area contributed by atoms with Crippen LogP contribution in [0.5, 0.6) is 0 Å². The van der Waals surface area contributed by atoms with Crippen LogP contribution in [0.1, 0.15) is 23.3 Å². The smallest absolute Gasteiger partial charge is 0.129 e.